The molecule has 23 heavy (non-hydrogen) atoms. The van der Waals surface area contributed by atoms with Crippen molar-refractivity contribution in [1.82, 2.24) is 10.2 Å². The molecular weight excluding hydrogens is 292 g/mol. The monoisotopic (exact) mass is 326 g/mol. The predicted octanol–water partition coefficient (Wildman–Crippen LogP) is 2.77. The van der Waals surface area contributed by atoms with Crippen LogP contribution in [0.15, 0.2) is 0 Å². The van der Waals surface area contributed by atoms with E-state index in [9.17, 15) is 9.90 Å². The average molecular weight is 326 g/mol. The molecule has 0 aromatic rings. The van der Waals surface area contributed by atoms with E-state index in [1.165, 1.54) is 25.7 Å². The van der Waals surface area contributed by atoms with Crippen molar-refractivity contribution in [1.29, 1.82) is 0 Å². The fourth-order valence-corrected chi connectivity index (χ4v) is 3.68. The van der Waals surface area contributed by atoms with Crippen LogP contribution in [0.4, 0.5) is 4.79 Å². The van der Waals surface area contributed by atoms with Gasteiger partial charge in [0.1, 0.15) is 0 Å². The fourth-order valence-electron chi connectivity index (χ4n) is 3.68. The van der Waals surface area contributed by atoms with Gasteiger partial charge in [-0.1, -0.05) is 33.1 Å². The maximum Gasteiger partial charge on any atom is 0.409 e. The quantitative estimate of drug-likeness (QED) is 0.763. The van der Waals surface area contributed by atoms with Crippen molar-refractivity contribution < 1.29 is 14.6 Å². The van der Waals surface area contributed by atoms with Crippen molar-refractivity contribution >= 4 is 6.09 Å². The summed E-state index contributed by atoms with van der Waals surface area (Å²) in [7, 11) is 0. The largest absolute Gasteiger partial charge is 0.449 e. The molecule has 0 bridgehead atoms. The summed E-state index contributed by atoms with van der Waals surface area (Å²) in [6.45, 7) is 6.42. The Kier molecular flexibility index (Phi) is 7.63. The van der Waals surface area contributed by atoms with Crippen LogP contribution >= 0.6 is 0 Å². The Bertz CT molecular complexity index is 354. The van der Waals surface area contributed by atoms with Crippen LogP contribution in [-0.2, 0) is 4.74 Å². The molecule has 0 aromatic heterocycles. The van der Waals surface area contributed by atoms with Gasteiger partial charge >= 0.3 is 6.09 Å². The smallest absolute Gasteiger partial charge is 0.409 e. The summed E-state index contributed by atoms with van der Waals surface area (Å²) in [4.78, 5) is 13.8. The number of ether oxygens (including phenoxy) is 1. The van der Waals surface area contributed by atoms with E-state index in [0.29, 0.717) is 30.5 Å². The van der Waals surface area contributed by atoms with Crippen LogP contribution in [-0.4, -0.2) is 54.5 Å². The van der Waals surface area contributed by atoms with E-state index >= 15 is 0 Å². The second-order valence-corrected chi connectivity index (χ2v) is 7.59. The highest BCUT2D eigenvalue weighted by molar-refractivity contribution is 5.67. The number of carbonyl (C=O) groups excluding carboxylic acids is 1. The molecule has 1 amide bonds. The first-order valence-corrected chi connectivity index (χ1v) is 9.38. The van der Waals surface area contributed by atoms with Gasteiger partial charge in [-0.3, -0.25) is 0 Å². The van der Waals surface area contributed by atoms with Gasteiger partial charge in [-0.15, -0.1) is 0 Å². The number of hydrogen-bond donors (Lipinski definition) is 2. The Morgan fingerprint density at radius 2 is 1.87 bits per heavy atom. The third kappa shape index (κ3) is 5.96. The van der Waals surface area contributed by atoms with E-state index in [0.717, 1.165) is 32.4 Å². The average Bonchev–Trinajstić information content (AvgIpc) is 2.78. The summed E-state index contributed by atoms with van der Waals surface area (Å²) in [5.41, 5.74) is 0. The van der Waals surface area contributed by atoms with Gasteiger partial charge in [0.15, 0.2) is 0 Å². The van der Waals surface area contributed by atoms with E-state index in [2.05, 4.69) is 5.32 Å². The van der Waals surface area contributed by atoms with E-state index in [1.54, 1.807) is 0 Å². The van der Waals surface area contributed by atoms with Crippen molar-refractivity contribution in [2.45, 2.75) is 70.9 Å². The topological polar surface area (TPSA) is 61.8 Å². The minimum Gasteiger partial charge on any atom is -0.449 e. The summed E-state index contributed by atoms with van der Waals surface area (Å²) < 4.78 is 5.31. The number of aliphatic hydroxyl groups excluding tert-OH is 1. The molecule has 2 N–H and O–H groups in total. The van der Waals surface area contributed by atoms with Gasteiger partial charge in [0, 0.05) is 31.8 Å². The number of rotatable bonds is 5. The SMILES string of the molecule is CC(C)COC(=O)N1CCC(NC2CCCCCC2CO)CC1. The summed E-state index contributed by atoms with van der Waals surface area (Å²) in [5.74, 6) is 0.773. The minimum atomic E-state index is -0.167. The van der Waals surface area contributed by atoms with E-state index in [-0.39, 0.29) is 12.7 Å². The van der Waals surface area contributed by atoms with Crippen molar-refractivity contribution in [3.63, 3.8) is 0 Å². The molecular formula is C18H34N2O3. The lowest BCUT2D eigenvalue weighted by molar-refractivity contribution is 0.0793. The van der Waals surface area contributed by atoms with Crippen LogP contribution in [0.2, 0.25) is 0 Å². The molecule has 0 radical (unpaired) electrons. The molecule has 1 aliphatic heterocycles. The minimum absolute atomic E-state index is 0.167. The molecule has 1 heterocycles. The first kappa shape index (κ1) is 18.5. The zero-order chi connectivity index (χ0) is 16.7. The van der Waals surface area contributed by atoms with Gasteiger partial charge in [0.2, 0.25) is 0 Å². The van der Waals surface area contributed by atoms with E-state index in [4.69, 9.17) is 4.74 Å². The standard InChI is InChI=1S/C18H34N2O3/c1-14(2)13-23-18(22)20-10-8-16(9-11-20)19-17-7-5-3-4-6-15(17)12-21/h14-17,19,21H,3-13H2,1-2H3. The summed E-state index contributed by atoms with van der Waals surface area (Å²) in [6, 6.07) is 0.897. The molecule has 134 valence electrons. The van der Waals surface area contributed by atoms with Crippen LogP contribution in [0.1, 0.15) is 58.8 Å². The number of aliphatic hydroxyl groups is 1. The highest BCUT2D eigenvalue weighted by Crippen LogP contribution is 2.25. The number of nitrogens with zero attached hydrogens (tertiary/aromatic N) is 1. The molecule has 5 heteroatoms. The Morgan fingerprint density at radius 3 is 2.52 bits per heavy atom. The number of carbonyl (C=O) groups is 1. The van der Waals surface area contributed by atoms with Gasteiger partial charge < -0.3 is 20.1 Å². The van der Waals surface area contributed by atoms with Crippen molar-refractivity contribution in [2.24, 2.45) is 11.8 Å². The van der Waals surface area contributed by atoms with Gasteiger partial charge in [-0.05, 0) is 37.5 Å². The maximum atomic E-state index is 12.0. The first-order valence-electron chi connectivity index (χ1n) is 9.38. The Morgan fingerprint density at radius 1 is 1.17 bits per heavy atom. The second-order valence-electron chi connectivity index (χ2n) is 7.59. The van der Waals surface area contributed by atoms with Crippen LogP contribution in [0.25, 0.3) is 0 Å². The molecule has 1 aliphatic carbocycles. The molecule has 5 nitrogen and oxygen atoms in total. The Labute approximate surface area is 140 Å². The third-order valence-corrected chi connectivity index (χ3v) is 5.14. The van der Waals surface area contributed by atoms with Crippen molar-refractivity contribution in [3.8, 4) is 0 Å². The van der Waals surface area contributed by atoms with Gasteiger partial charge in [0.05, 0.1) is 6.61 Å². The Hall–Kier alpha value is -0.810. The number of hydrogen-bond acceptors (Lipinski definition) is 4. The lowest BCUT2D eigenvalue weighted by Crippen LogP contribution is -2.50. The van der Waals surface area contributed by atoms with Crippen molar-refractivity contribution in [3.05, 3.63) is 0 Å². The highest BCUT2D eigenvalue weighted by Gasteiger charge is 2.29. The van der Waals surface area contributed by atoms with Gasteiger partial charge in [-0.2, -0.15) is 0 Å². The predicted molar refractivity (Wildman–Crippen MR) is 91.4 cm³/mol. The van der Waals surface area contributed by atoms with Gasteiger partial charge in [-0.25, -0.2) is 4.79 Å². The molecule has 2 rings (SSSR count). The molecule has 0 aromatic carbocycles. The molecule has 2 unspecified atom stereocenters. The summed E-state index contributed by atoms with van der Waals surface area (Å²) in [6.07, 6.45) is 7.88. The molecule has 0 spiro atoms. The van der Waals surface area contributed by atoms with Crippen LogP contribution in [0, 0.1) is 11.8 Å². The normalized spacial score (nSPS) is 27.0. The highest BCUT2D eigenvalue weighted by atomic mass is 16.6. The number of nitrogens with one attached hydrogen (secondary N) is 1. The number of likely N-dealkylation sites (tertiary alicyclic amines) is 1. The zero-order valence-electron chi connectivity index (χ0n) is 14.8. The second kappa shape index (κ2) is 9.48. The molecule has 2 atom stereocenters. The van der Waals surface area contributed by atoms with E-state index < -0.39 is 0 Å². The van der Waals surface area contributed by atoms with E-state index in [1.807, 2.05) is 18.7 Å². The summed E-state index contributed by atoms with van der Waals surface area (Å²) >= 11 is 0. The van der Waals surface area contributed by atoms with Crippen LogP contribution < -0.4 is 5.32 Å². The number of amides is 1. The van der Waals surface area contributed by atoms with Crippen molar-refractivity contribution in [2.75, 3.05) is 26.3 Å². The molecule has 2 aliphatic rings. The summed E-state index contributed by atoms with van der Waals surface area (Å²) in [5, 5.41) is 13.4. The number of piperidine rings is 1. The Balaban J connectivity index is 1.74. The van der Waals surface area contributed by atoms with Crippen LogP contribution in [0.3, 0.4) is 0 Å². The molecule has 2 fully saturated rings. The molecule has 1 saturated heterocycles. The van der Waals surface area contributed by atoms with Gasteiger partial charge in [0.25, 0.3) is 0 Å². The third-order valence-electron chi connectivity index (χ3n) is 5.14. The lowest BCUT2D eigenvalue weighted by Gasteiger charge is -2.35. The lowest BCUT2D eigenvalue weighted by atomic mass is 9.93. The first-order chi connectivity index (χ1) is 11.1. The van der Waals surface area contributed by atoms with Crippen LogP contribution in [0.5, 0.6) is 0 Å². The fraction of sp³-hybridized carbons (Fsp3) is 0.944. The maximum absolute atomic E-state index is 12.0. The zero-order valence-corrected chi connectivity index (χ0v) is 14.8. The molecule has 1 saturated carbocycles.